The molecule has 2 aromatic rings. The Kier molecular flexibility index (Phi) is 4.46. The van der Waals surface area contributed by atoms with Crippen molar-refractivity contribution in [1.29, 1.82) is 0 Å². The van der Waals surface area contributed by atoms with Crippen LogP contribution in [-0.4, -0.2) is 24.2 Å². The van der Waals surface area contributed by atoms with Crippen LogP contribution in [0.4, 0.5) is 17.6 Å². The first-order valence-corrected chi connectivity index (χ1v) is 8.81. The Labute approximate surface area is 126 Å². The van der Waals surface area contributed by atoms with E-state index in [1.807, 2.05) is 0 Å². The number of fused-ring (bicyclic) bond motifs is 1. The van der Waals surface area contributed by atoms with Crippen LogP contribution >= 0.6 is 22.4 Å². The molecule has 0 bridgehead atoms. The lowest BCUT2D eigenvalue weighted by Gasteiger charge is -2.07. The summed E-state index contributed by atoms with van der Waals surface area (Å²) in [5.74, 6) is -0.960. The Balaban J connectivity index is 2.41. The van der Waals surface area contributed by atoms with E-state index in [0.717, 1.165) is 18.3 Å². The summed E-state index contributed by atoms with van der Waals surface area (Å²) in [5, 5.41) is 0.0435. The van der Waals surface area contributed by atoms with E-state index in [9.17, 15) is 26.0 Å². The molecule has 0 N–H and O–H groups in total. The number of benzene rings is 1. The SMILES string of the molecule is O=S(=O)(Cl)c1cn(CCSC(F)(F)F)c2ccc(F)cc12. The molecule has 0 radical (unpaired) electrons. The van der Waals surface area contributed by atoms with Crippen LogP contribution in [0.2, 0.25) is 0 Å². The van der Waals surface area contributed by atoms with Gasteiger partial charge < -0.3 is 4.57 Å². The third kappa shape index (κ3) is 4.04. The predicted molar refractivity (Wildman–Crippen MR) is 73.4 cm³/mol. The highest BCUT2D eigenvalue weighted by molar-refractivity contribution is 8.14. The average Bonchev–Trinajstić information content (AvgIpc) is 2.65. The monoisotopic (exact) mass is 361 g/mol. The van der Waals surface area contributed by atoms with Gasteiger partial charge in [-0.1, -0.05) is 0 Å². The molecule has 3 nitrogen and oxygen atoms in total. The van der Waals surface area contributed by atoms with Gasteiger partial charge in [0.1, 0.15) is 10.7 Å². The van der Waals surface area contributed by atoms with E-state index in [2.05, 4.69) is 0 Å². The van der Waals surface area contributed by atoms with E-state index in [1.165, 1.54) is 10.6 Å². The quantitative estimate of drug-likeness (QED) is 0.611. The van der Waals surface area contributed by atoms with Crippen LogP contribution in [0.5, 0.6) is 0 Å². The van der Waals surface area contributed by atoms with Crippen LogP contribution in [0.15, 0.2) is 29.3 Å². The summed E-state index contributed by atoms with van der Waals surface area (Å²) in [6.07, 6.45) is 1.11. The second-order valence-corrected chi connectivity index (χ2v) is 7.77. The van der Waals surface area contributed by atoms with Gasteiger partial charge in [-0.3, -0.25) is 0 Å². The third-order valence-electron chi connectivity index (χ3n) is 2.67. The molecule has 0 aliphatic rings. The van der Waals surface area contributed by atoms with Gasteiger partial charge in [0.15, 0.2) is 0 Å². The summed E-state index contributed by atoms with van der Waals surface area (Å²) in [6, 6.07) is 3.38. The second-order valence-electron chi connectivity index (χ2n) is 4.08. The van der Waals surface area contributed by atoms with Gasteiger partial charge in [-0.25, -0.2) is 12.8 Å². The number of hydrogen-bond acceptors (Lipinski definition) is 3. The maximum atomic E-state index is 13.2. The van der Waals surface area contributed by atoms with Crippen molar-refractivity contribution >= 4 is 42.4 Å². The molecule has 0 fully saturated rings. The first-order valence-electron chi connectivity index (χ1n) is 5.52. The predicted octanol–water partition coefficient (Wildman–Crippen LogP) is 3.96. The number of hydrogen-bond donors (Lipinski definition) is 0. The van der Waals surface area contributed by atoms with Crippen molar-refractivity contribution in [3.8, 4) is 0 Å². The summed E-state index contributed by atoms with van der Waals surface area (Å²) in [7, 11) is 1.14. The molecular weight excluding hydrogens is 354 g/mol. The van der Waals surface area contributed by atoms with E-state index in [1.54, 1.807) is 0 Å². The molecule has 0 unspecified atom stereocenters. The van der Waals surface area contributed by atoms with Crippen molar-refractivity contribution in [2.75, 3.05) is 5.75 Å². The molecule has 2 rings (SSSR count). The summed E-state index contributed by atoms with van der Waals surface area (Å²) in [4.78, 5) is -0.323. The Hall–Kier alpha value is -0.930. The average molecular weight is 362 g/mol. The fourth-order valence-corrected chi connectivity index (χ4v) is 3.44. The van der Waals surface area contributed by atoms with Gasteiger partial charge in [0, 0.05) is 40.1 Å². The molecule has 0 aliphatic heterocycles. The highest BCUT2D eigenvalue weighted by Crippen LogP contribution is 2.32. The Morgan fingerprint density at radius 3 is 2.52 bits per heavy atom. The maximum Gasteiger partial charge on any atom is 0.441 e. The molecule has 0 spiro atoms. The molecule has 21 heavy (non-hydrogen) atoms. The number of alkyl halides is 3. The Morgan fingerprint density at radius 2 is 1.95 bits per heavy atom. The molecule has 10 heteroatoms. The normalized spacial score (nSPS) is 13.0. The van der Waals surface area contributed by atoms with Crippen LogP contribution < -0.4 is 0 Å². The van der Waals surface area contributed by atoms with Crippen LogP contribution in [0.25, 0.3) is 10.9 Å². The summed E-state index contributed by atoms with van der Waals surface area (Å²) in [6.45, 7) is -0.0846. The minimum Gasteiger partial charge on any atom is -0.345 e. The molecule has 1 heterocycles. The fraction of sp³-hybridized carbons (Fsp3) is 0.273. The zero-order valence-electron chi connectivity index (χ0n) is 10.2. The Morgan fingerprint density at radius 1 is 1.29 bits per heavy atom. The standard InChI is InChI=1S/C11H8ClF4NO2S2/c12-21(18,19)10-6-17(3-4-20-11(14,15)16)9-2-1-7(13)5-8(9)10/h1-2,5-6H,3-4H2. The van der Waals surface area contributed by atoms with Gasteiger partial charge in [-0.2, -0.15) is 13.2 Å². The van der Waals surface area contributed by atoms with Gasteiger partial charge in [0.25, 0.3) is 9.05 Å². The number of aryl methyl sites for hydroxylation is 1. The first kappa shape index (κ1) is 16.4. The van der Waals surface area contributed by atoms with E-state index in [4.69, 9.17) is 10.7 Å². The van der Waals surface area contributed by atoms with Gasteiger partial charge in [0.2, 0.25) is 0 Å². The van der Waals surface area contributed by atoms with Gasteiger partial charge in [-0.15, -0.1) is 0 Å². The molecule has 116 valence electrons. The number of rotatable bonds is 4. The third-order valence-corrected chi connectivity index (χ3v) is 4.73. The molecule has 1 aromatic carbocycles. The zero-order valence-corrected chi connectivity index (χ0v) is 12.6. The number of halogens is 5. The number of thioether (sulfide) groups is 1. The largest absolute Gasteiger partial charge is 0.441 e. The van der Waals surface area contributed by atoms with E-state index < -0.39 is 20.4 Å². The molecule has 1 aromatic heterocycles. The van der Waals surface area contributed by atoms with E-state index >= 15 is 0 Å². The minimum atomic E-state index is -4.36. The van der Waals surface area contributed by atoms with E-state index in [0.29, 0.717) is 5.52 Å². The van der Waals surface area contributed by atoms with Crippen LogP contribution in [0.3, 0.4) is 0 Å². The van der Waals surface area contributed by atoms with Crippen LogP contribution in [-0.2, 0) is 15.6 Å². The second kappa shape index (κ2) is 5.69. The molecule has 0 aliphatic carbocycles. The molecule has 0 atom stereocenters. The minimum absolute atomic E-state index is 0.0435. The van der Waals surface area contributed by atoms with E-state index in [-0.39, 0.29) is 34.3 Å². The van der Waals surface area contributed by atoms with Crippen molar-refractivity contribution in [2.45, 2.75) is 16.9 Å². The molecule has 0 saturated heterocycles. The maximum absolute atomic E-state index is 13.2. The van der Waals surface area contributed by atoms with Crippen LogP contribution in [0, 0.1) is 5.82 Å². The van der Waals surface area contributed by atoms with Gasteiger partial charge >= 0.3 is 5.51 Å². The highest BCUT2D eigenvalue weighted by Gasteiger charge is 2.28. The summed E-state index contributed by atoms with van der Waals surface area (Å²) < 4.78 is 73.7. The van der Waals surface area contributed by atoms with Crippen molar-refractivity contribution in [1.82, 2.24) is 4.57 Å². The molecule has 0 saturated carbocycles. The lowest BCUT2D eigenvalue weighted by molar-refractivity contribution is -0.0328. The highest BCUT2D eigenvalue weighted by atomic mass is 35.7. The van der Waals surface area contributed by atoms with Crippen molar-refractivity contribution < 1.29 is 26.0 Å². The van der Waals surface area contributed by atoms with Gasteiger partial charge in [0.05, 0.1) is 0 Å². The number of nitrogens with zero attached hydrogens (tertiary/aromatic N) is 1. The first-order chi connectivity index (χ1) is 9.58. The van der Waals surface area contributed by atoms with Gasteiger partial charge in [-0.05, 0) is 30.0 Å². The molecular formula is C11H8ClF4NO2S2. The van der Waals surface area contributed by atoms with Crippen molar-refractivity contribution in [2.24, 2.45) is 0 Å². The zero-order chi connectivity index (χ0) is 15.8. The Bertz CT molecular complexity index is 770. The van der Waals surface area contributed by atoms with Crippen molar-refractivity contribution in [3.05, 3.63) is 30.2 Å². The summed E-state index contributed by atoms with van der Waals surface area (Å²) >= 11 is -0.220. The lowest BCUT2D eigenvalue weighted by Crippen LogP contribution is -2.06. The lowest BCUT2D eigenvalue weighted by atomic mass is 10.2. The summed E-state index contributed by atoms with van der Waals surface area (Å²) in [5.41, 5.74) is -4.06. The smallest absolute Gasteiger partial charge is 0.345 e. The van der Waals surface area contributed by atoms with Crippen molar-refractivity contribution in [3.63, 3.8) is 0 Å². The fourth-order valence-electron chi connectivity index (χ4n) is 1.88. The number of aromatic nitrogens is 1. The van der Waals surface area contributed by atoms with Crippen LogP contribution in [0.1, 0.15) is 0 Å². The topological polar surface area (TPSA) is 39.1 Å². The molecule has 0 amide bonds.